The molecule has 0 aliphatic carbocycles. The fourth-order valence-corrected chi connectivity index (χ4v) is 1.16. The van der Waals surface area contributed by atoms with Crippen LogP contribution in [0.3, 0.4) is 0 Å². The molecular weight excluding hydrogens is 232 g/mol. The van der Waals surface area contributed by atoms with Crippen molar-refractivity contribution in [2.75, 3.05) is 6.61 Å². The summed E-state index contributed by atoms with van der Waals surface area (Å²) in [6.07, 6.45) is 3.92. The van der Waals surface area contributed by atoms with E-state index < -0.39 is 11.9 Å². The molecule has 0 radical (unpaired) electrons. The second-order valence-corrected chi connectivity index (χ2v) is 3.60. The van der Waals surface area contributed by atoms with Crippen LogP contribution in [-0.2, 0) is 14.3 Å². The van der Waals surface area contributed by atoms with E-state index in [0.29, 0.717) is 12.2 Å². The average molecular weight is 248 g/mol. The Bertz CT molecular complexity index is 409. The van der Waals surface area contributed by atoms with Crippen LogP contribution in [0.15, 0.2) is 42.7 Å². The van der Waals surface area contributed by atoms with Gasteiger partial charge in [-0.25, -0.2) is 9.59 Å². The summed E-state index contributed by atoms with van der Waals surface area (Å²) in [5.74, 6) is -1.02. The molecule has 4 heteroatoms. The standard InChI is InChI=1S/C14H16O4/c1-2-3-10-17-13(15)9-11-18-14(16)12-7-5-4-6-8-12/h4-9,11H,2-3,10H2,1H3/b11-9+. The monoisotopic (exact) mass is 248 g/mol. The SMILES string of the molecule is CCCCOC(=O)/C=C/OC(=O)c1ccccc1. The summed E-state index contributed by atoms with van der Waals surface area (Å²) in [7, 11) is 0. The molecule has 1 aromatic carbocycles. The predicted molar refractivity (Wildman–Crippen MR) is 66.9 cm³/mol. The van der Waals surface area contributed by atoms with Gasteiger partial charge in [-0.15, -0.1) is 0 Å². The molecule has 0 bridgehead atoms. The van der Waals surface area contributed by atoms with Crippen molar-refractivity contribution in [2.45, 2.75) is 19.8 Å². The Morgan fingerprint density at radius 3 is 2.61 bits per heavy atom. The third-order valence-electron chi connectivity index (χ3n) is 2.13. The summed E-state index contributed by atoms with van der Waals surface area (Å²) in [4.78, 5) is 22.6. The van der Waals surface area contributed by atoms with E-state index in [0.717, 1.165) is 25.2 Å². The first-order chi connectivity index (χ1) is 8.74. The number of carbonyl (C=O) groups is 2. The predicted octanol–water partition coefficient (Wildman–Crippen LogP) is 2.70. The number of ether oxygens (including phenoxy) is 2. The lowest BCUT2D eigenvalue weighted by Gasteiger charge is -2.00. The molecule has 0 spiro atoms. The lowest BCUT2D eigenvalue weighted by molar-refractivity contribution is -0.137. The molecule has 0 fully saturated rings. The van der Waals surface area contributed by atoms with Gasteiger partial charge in [0.15, 0.2) is 0 Å². The molecule has 1 rings (SSSR count). The zero-order chi connectivity index (χ0) is 13.2. The van der Waals surface area contributed by atoms with Gasteiger partial charge in [0.1, 0.15) is 6.26 Å². The van der Waals surface area contributed by atoms with E-state index in [2.05, 4.69) is 0 Å². The molecule has 0 atom stereocenters. The van der Waals surface area contributed by atoms with Crippen LogP contribution < -0.4 is 0 Å². The highest BCUT2D eigenvalue weighted by molar-refractivity contribution is 5.90. The number of rotatable bonds is 6. The molecule has 0 aromatic heterocycles. The lowest BCUT2D eigenvalue weighted by atomic mass is 10.2. The van der Waals surface area contributed by atoms with Crippen LogP contribution in [0.2, 0.25) is 0 Å². The minimum Gasteiger partial charge on any atom is -0.462 e. The number of hydrogen-bond donors (Lipinski definition) is 0. The van der Waals surface area contributed by atoms with Crippen molar-refractivity contribution >= 4 is 11.9 Å². The van der Waals surface area contributed by atoms with Crippen LogP contribution in [0.5, 0.6) is 0 Å². The first kappa shape index (κ1) is 14.0. The maximum Gasteiger partial charge on any atom is 0.342 e. The minimum absolute atomic E-state index is 0.381. The molecule has 0 saturated carbocycles. The zero-order valence-electron chi connectivity index (χ0n) is 10.3. The van der Waals surface area contributed by atoms with Gasteiger partial charge < -0.3 is 9.47 Å². The Morgan fingerprint density at radius 2 is 1.94 bits per heavy atom. The summed E-state index contributed by atoms with van der Waals surface area (Å²) in [6, 6.07) is 8.54. The molecule has 1 aromatic rings. The second kappa shape index (κ2) is 8.06. The number of esters is 2. The average Bonchev–Trinajstić information content (AvgIpc) is 2.40. The van der Waals surface area contributed by atoms with Crippen molar-refractivity contribution < 1.29 is 19.1 Å². The normalized spacial score (nSPS) is 10.3. The fourth-order valence-electron chi connectivity index (χ4n) is 1.16. The van der Waals surface area contributed by atoms with Crippen LogP contribution in [0.1, 0.15) is 30.1 Å². The van der Waals surface area contributed by atoms with Gasteiger partial charge in [-0.05, 0) is 18.6 Å². The topological polar surface area (TPSA) is 52.6 Å². The minimum atomic E-state index is -0.510. The summed E-state index contributed by atoms with van der Waals surface area (Å²) in [5.41, 5.74) is 0.432. The van der Waals surface area contributed by atoms with E-state index in [1.807, 2.05) is 6.92 Å². The molecule has 0 amide bonds. The molecular formula is C14H16O4. The van der Waals surface area contributed by atoms with Crippen LogP contribution in [0.4, 0.5) is 0 Å². The van der Waals surface area contributed by atoms with E-state index in [1.54, 1.807) is 30.3 Å². The Hall–Kier alpha value is -2.10. The summed E-state index contributed by atoms with van der Waals surface area (Å²) < 4.78 is 9.64. The number of carbonyl (C=O) groups excluding carboxylic acids is 2. The first-order valence-corrected chi connectivity index (χ1v) is 5.83. The maximum atomic E-state index is 11.5. The lowest BCUT2D eigenvalue weighted by Crippen LogP contribution is -2.04. The van der Waals surface area contributed by atoms with E-state index >= 15 is 0 Å². The van der Waals surface area contributed by atoms with E-state index in [9.17, 15) is 9.59 Å². The van der Waals surface area contributed by atoms with E-state index in [1.165, 1.54) is 0 Å². The smallest absolute Gasteiger partial charge is 0.342 e. The third-order valence-corrected chi connectivity index (χ3v) is 2.13. The van der Waals surface area contributed by atoms with Gasteiger partial charge in [0.05, 0.1) is 18.2 Å². The Balaban J connectivity index is 2.32. The van der Waals surface area contributed by atoms with E-state index in [4.69, 9.17) is 9.47 Å². The third kappa shape index (κ3) is 5.30. The molecule has 0 aliphatic rings. The van der Waals surface area contributed by atoms with Crippen molar-refractivity contribution in [3.05, 3.63) is 48.2 Å². The highest BCUT2D eigenvalue weighted by atomic mass is 16.5. The van der Waals surface area contributed by atoms with Crippen LogP contribution in [-0.4, -0.2) is 18.5 Å². The van der Waals surface area contributed by atoms with Crippen molar-refractivity contribution in [2.24, 2.45) is 0 Å². The molecule has 4 nitrogen and oxygen atoms in total. The van der Waals surface area contributed by atoms with Crippen molar-refractivity contribution in [3.8, 4) is 0 Å². The van der Waals surface area contributed by atoms with Gasteiger partial charge in [-0.3, -0.25) is 0 Å². The van der Waals surface area contributed by atoms with Crippen molar-refractivity contribution in [1.29, 1.82) is 0 Å². The summed E-state index contributed by atoms with van der Waals surface area (Å²) in [5, 5.41) is 0. The molecule has 0 heterocycles. The van der Waals surface area contributed by atoms with Crippen LogP contribution in [0, 0.1) is 0 Å². The maximum absolute atomic E-state index is 11.5. The molecule has 0 aliphatic heterocycles. The zero-order valence-corrected chi connectivity index (χ0v) is 10.3. The van der Waals surface area contributed by atoms with Crippen molar-refractivity contribution in [1.82, 2.24) is 0 Å². The van der Waals surface area contributed by atoms with Gasteiger partial charge in [-0.1, -0.05) is 31.5 Å². The largest absolute Gasteiger partial charge is 0.462 e. The Morgan fingerprint density at radius 1 is 1.22 bits per heavy atom. The number of benzene rings is 1. The van der Waals surface area contributed by atoms with Crippen molar-refractivity contribution in [3.63, 3.8) is 0 Å². The molecule has 0 unspecified atom stereocenters. The van der Waals surface area contributed by atoms with E-state index in [-0.39, 0.29) is 0 Å². The second-order valence-electron chi connectivity index (χ2n) is 3.60. The first-order valence-electron chi connectivity index (χ1n) is 5.83. The van der Waals surface area contributed by atoms with Crippen LogP contribution in [0.25, 0.3) is 0 Å². The number of hydrogen-bond acceptors (Lipinski definition) is 4. The van der Waals surface area contributed by atoms with Gasteiger partial charge in [0.2, 0.25) is 0 Å². The molecule has 96 valence electrons. The Kier molecular flexibility index (Phi) is 6.25. The summed E-state index contributed by atoms with van der Waals surface area (Å²) >= 11 is 0. The molecule has 0 saturated heterocycles. The quantitative estimate of drug-likeness (QED) is 0.336. The number of unbranched alkanes of at least 4 members (excludes halogenated alkanes) is 1. The molecule has 18 heavy (non-hydrogen) atoms. The van der Waals surface area contributed by atoms with Crippen LogP contribution >= 0.6 is 0 Å². The summed E-state index contributed by atoms with van der Waals surface area (Å²) in [6.45, 7) is 2.39. The highest BCUT2D eigenvalue weighted by Gasteiger charge is 2.04. The van der Waals surface area contributed by atoms with Gasteiger partial charge in [-0.2, -0.15) is 0 Å². The van der Waals surface area contributed by atoms with Gasteiger partial charge in [0, 0.05) is 0 Å². The molecule has 0 N–H and O–H groups in total. The Labute approximate surface area is 106 Å². The highest BCUT2D eigenvalue weighted by Crippen LogP contribution is 2.01. The van der Waals surface area contributed by atoms with Gasteiger partial charge in [0.25, 0.3) is 0 Å². The van der Waals surface area contributed by atoms with Gasteiger partial charge >= 0.3 is 11.9 Å². The fraction of sp³-hybridized carbons (Fsp3) is 0.286.